The molecule has 2 heterocycles. The maximum atomic E-state index is 5.76. The number of hydrazine groups is 3. The highest BCUT2D eigenvalue weighted by Gasteiger charge is 2.10. The van der Waals surface area contributed by atoms with Gasteiger partial charge in [-0.2, -0.15) is 10.1 Å². The van der Waals surface area contributed by atoms with Crippen LogP contribution in [0.4, 0.5) is 5.95 Å². The van der Waals surface area contributed by atoms with Gasteiger partial charge in [0, 0.05) is 20.0 Å². The van der Waals surface area contributed by atoms with Crippen LogP contribution in [0.1, 0.15) is 12.8 Å². The van der Waals surface area contributed by atoms with Gasteiger partial charge in [-0.3, -0.25) is 10.4 Å². The first-order chi connectivity index (χ1) is 7.75. The van der Waals surface area contributed by atoms with Gasteiger partial charge in [-0.25, -0.2) is 16.5 Å². The molecule has 1 aromatic rings. The summed E-state index contributed by atoms with van der Waals surface area (Å²) in [5.41, 5.74) is 5.81. The molecule has 1 aromatic heterocycles. The lowest BCUT2D eigenvalue weighted by molar-refractivity contribution is 0.231. The molecule has 0 amide bonds. The van der Waals surface area contributed by atoms with E-state index in [1.165, 1.54) is 11.3 Å². The van der Waals surface area contributed by atoms with Gasteiger partial charge in [0.05, 0.1) is 0 Å². The second kappa shape index (κ2) is 4.77. The highest BCUT2D eigenvalue weighted by Crippen LogP contribution is 2.02. The van der Waals surface area contributed by atoms with Gasteiger partial charge in [-0.1, -0.05) is 0 Å². The lowest BCUT2D eigenvalue weighted by atomic mass is 10.3. The first-order valence-electron chi connectivity index (χ1n) is 4.96. The van der Waals surface area contributed by atoms with Crippen LogP contribution in [0.2, 0.25) is 0 Å². The number of rotatable bonds is 5. The second-order valence-electron chi connectivity index (χ2n) is 3.44. The Balaban J connectivity index is 1.68. The molecule has 1 aliphatic heterocycles. The summed E-state index contributed by atoms with van der Waals surface area (Å²) in [6.07, 6.45) is 3.12. The average Bonchev–Trinajstić information content (AvgIpc) is 2.89. The molecule has 0 spiro atoms. The number of hydrazone groups is 1. The number of nitrogens with two attached hydrogens (primary N) is 1. The quantitative estimate of drug-likeness (QED) is 0.358. The third-order valence-corrected chi connectivity index (χ3v) is 2.12. The topological polar surface area (TPSA) is 110 Å². The molecule has 0 radical (unpaired) electrons. The average molecular weight is 225 g/mol. The maximum absolute atomic E-state index is 5.76. The van der Waals surface area contributed by atoms with Crippen LogP contribution in [0.3, 0.4) is 0 Å². The number of aromatic nitrogens is 3. The van der Waals surface area contributed by atoms with Crippen molar-refractivity contribution in [2.75, 3.05) is 18.6 Å². The van der Waals surface area contributed by atoms with Crippen molar-refractivity contribution in [3.8, 4) is 0 Å². The lowest BCUT2D eigenvalue weighted by Gasteiger charge is -2.14. The van der Waals surface area contributed by atoms with E-state index in [1.807, 2.05) is 7.05 Å². The van der Waals surface area contributed by atoms with Crippen LogP contribution in [-0.2, 0) is 0 Å². The summed E-state index contributed by atoms with van der Waals surface area (Å²) in [5.74, 6) is 7.23. The van der Waals surface area contributed by atoms with E-state index < -0.39 is 0 Å². The van der Waals surface area contributed by atoms with Gasteiger partial charge in [-0.15, -0.1) is 10.2 Å². The Hall–Kier alpha value is -1.87. The number of anilines is 1. The van der Waals surface area contributed by atoms with E-state index in [-0.39, 0.29) is 0 Å². The molecule has 0 fully saturated rings. The molecule has 16 heavy (non-hydrogen) atoms. The van der Waals surface area contributed by atoms with E-state index in [2.05, 4.69) is 31.2 Å². The summed E-state index contributed by atoms with van der Waals surface area (Å²) in [7, 11) is 1.85. The fourth-order valence-electron chi connectivity index (χ4n) is 1.35. The minimum atomic E-state index is 0.566. The number of amidine groups is 1. The van der Waals surface area contributed by atoms with Crippen molar-refractivity contribution in [1.82, 2.24) is 31.3 Å². The number of hydrogen-bond donors (Lipinski definition) is 4. The largest absolute Gasteiger partial charge is 0.286 e. The highest BCUT2D eigenvalue weighted by molar-refractivity contribution is 5.82. The predicted molar refractivity (Wildman–Crippen MR) is 58.6 cm³/mol. The van der Waals surface area contributed by atoms with E-state index in [9.17, 15) is 0 Å². The zero-order chi connectivity index (χ0) is 11.4. The fraction of sp³-hybridized carbons (Fsp3) is 0.571. The smallest absolute Gasteiger partial charge is 0.235 e. The highest BCUT2D eigenvalue weighted by atomic mass is 15.9. The molecule has 88 valence electrons. The van der Waals surface area contributed by atoms with Crippen molar-refractivity contribution in [1.29, 1.82) is 0 Å². The summed E-state index contributed by atoms with van der Waals surface area (Å²) in [4.78, 5) is 3.95. The number of hydrogen-bond acceptors (Lipinski definition) is 8. The van der Waals surface area contributed by atoms with Crippen LogP contribution in [0.15, 0.2) is 11.4 Å². The molecule has 0 atom stereocenters. The van der Waals surface area contributed by atoms with Crippen molar-refractivity contribution >= 4 is 11.8 Å². The Bertz CT molecular complexity index is 345. The Morgan fingerprint density at radius 1 is 1.56 bits per heavy atom. The number of H-pyrrole nitrogens is 1. The molecule has 2 rings (SSSR count). The zero-order valence-electron chi connectivity index (χ0n) is 9.01. The molecule has 0 unspecified atom stereocenters. The Labute approximate surface area is 92.6 Å². The standard InChI is InChI=1S/C7H15N9/c1-15-13-6(11-14-15)3-2-4-16(8)7-9-5-10-12-7/h5,14H,2-4,8H2,1H3,(H,11,13)(H,9,10,12). The summed E-state index contributed by atoms with van der Waals surface area (Å²) in [5, 5.41) is 13.7. The van der Waals surface area contributed by atoms with Crippen molar-refractivity contribution in [2.45, 2.75) is 12.8 Å². The molecule has 1 aliphatic rings. The van der Waals surface area contributed by atoms with Gasteiger partial charge in [0.25, 0.3) is 0 Å². The van der Waals surface area contributed by atoms with Crippen LogP contribution < -0.4 is 21.8 Å². The summed E-state index contributed by atoms with van der Waals surface area (Å²) < 4.78 is 0. The number of nitrogens with zero attached hydrogens (tertiary/aromatic N) is 5. The van der Waals surface area contributed by atoms with Crippen LogP contribution in [0, 0.1) is 0 Å². The monoisotopic (exact) mass is 225 g/mol. The van der Waals surface area contributed by atoms with E-state index in [0.29, 0.717) is 12.5 Å². The molecule has 0 saturated carbocycles. The van der Waals surface area contributed by atoms with E-state index >= 15 is 0 Å². The predicted octanol–water partition coefficient (Wildman–Crippen LogP) is -1.47. The van der Waals surface area contributed by atoms with E-state index in [1.54, 1.807) is 5.12 Å². The van der Waals surface area contributed by atoms with Crippen LogP contribution in [-0.4, -0.2) is 39.7 Å². The molecule has 0 saturated heterocycles. The zero-order valence-corrected chi connectivity index (χ0v) is 9.01. The van der Waals surface area contributed by atoms with E-state index in [4.69, 9.17) is 5.84 Å². The molecule has 0 aromatic carbocycles. The molecule has 9 heteroatoms. The molecule has 0 bridgehead atoms. The molecular formula is C7H15N9. The van der Waals surface area contributed by atoms with Gasteiger partial charge in [0.15, 0.2) is 0 Å². The minimum Gasteiger partial charge on any atom is -0.286 e. The number of aromatic amines is 1. The van der Waals surface area contributed by atoms with Gasteiger partial charge in [0.1, 0.15) is 12.2 Å². The van der Waals surface area contributed by atoms with Crippen molar-refractivity contribution < 1.29 is 0 Å². The SMILES string of the molecule is CN1NN=C(CCCN(N)c2ncn[nH]2)N1. The summed E-state index contributed by atoms with van der Waals surface area (Å²) >= 11 is 0. The summed E-state index contributed by atoms with van der Waals surface area (Å²) in [6, 6.07) is 0. The Morgan fingerprint density at radius 3 is 3.06 bits per heavy atom. The second-order valence-corrected chi connectivity index (χ2v) is 3.44. The Morgan fingerprint density at radius 2 is 2.44 bits per heavy atom. The van der Waals surface area contributed by atoms with Crippen LogP contribution in [0.25, 0.3) is 0 Å². The lowest BCUT2D eigenvalue weighted by Crippen LogP contribution is -2.38. The Kier molecular flexibility index (Phi) is 3.17. The molecule has 5 N–H and O–H groups in total. The van der Waals surface area contributed by atoms with Gasteiger partial charge in [-0.05, 0) is 6.42 Å². The van der Waals surface area contributed by atoms with Gasteiger partial charge < -0.3 is 0 Å². The van der Waals surface area contributed by atoms with Crippen molar-refractivity contribution in [3.05, 3.63) is 6.33 Å². The number of nitrogens with one attached hydrogen (secondary N) is 3. The first-order valence-corrected chi connectivity index (χ1v) is 4.96. The molecular weight excluding hydrogens is 210 g/mol. The van der Waals surface area contributed by atoms with Crippen LogP contribution >= 0.6 is 0 Å². The van der Waals surface area contributed by atoms with Crippen molar-refractivity contribution in [2.24, 2.45) is 10.9 Å². The maximum Gasteiger partial charge on any atom is 0.235 e. The van der Waals surface area contributed by atoms with Crippen molar-refractivity contribution in [3.63, 3.8) is 0 Å². The fourth-order valence-corrected chi connectivity index (χ4v) is 1.35. The van der Waals surface area contributed by atoms with Gasteiger partial charge >= 0.3 is 0 Å². The van der Waals surface area contributed by atoms with Gasteiger partial charge in [0.2, 0.25) is 5.95 Å². The van der Waals surface area contributed by atoms with E-state index in [0.717, 1.165) is 18.7 Å². The molecule has 9 nitrogen and oxygen atoms in total. The normalized spacial score (nSPS) is 15.5. The third-order valence-electron chi connectivity index (χ3n) is 2.12. The summed E-state index contributed by atoms with van der Waals surface area (Å²) in [6.45, 7) is 0.680. The van der Waals surface area contributed by atoms with Crippen LogP contribution in [0.5, 0.6) is 0 Å². The molecule has 0 aliphatic carbocycles. The minimum absolute atomic E-state index is 0.566. The third kappa shape index (κ3) is 2.58. The first kappa shape index (κ1) is 10.6.